The zero-order valence-electron chi connectivity index (χ0n) is 24.8. The molecule has 1 aromatic heterocycles. The summed E-state index contributed by atoms with van der Waals surface area (Å²) in [5.74, 6) is 0.261. The van der Waals surface area contributed by atoms with Crippen molar-refractivity contribution in [3.8, 4) is 5.75 Å². The van der Waals surface area contributed by atoms with Crippen LogP contribution in [0.15, 0.2) is 30.6 Å². The number of hydrogen-bond acceptors (Lipinski definition) is 9. The third kappa shape index (κ3) is 12.8. The number of fused-ring (bicyclic) bond motifs is 1. The van der Waals surface area contributed by atoms with Crippen molar-refractivity contribution >= 4 is 34.8 Å². The fourth-order valence-electron chi connectivity index (χ4n) is 4.11. The molecule has 1 aromatic carbocycles. The predicted molar refractivity (Wildman–Crippen MR) is 154 cm³/mol. The van der Waals surface area contributed by atoms with Gasteiger partial charge in [0.15, 0.2) is 5.75 Å². The molecule has 2 heterocycles. The van der Waals surface area contributed by atoms with Gasteiger partial charge in [-0.05, 0) is 49.4 Å². The van der Waals surface area contributed by atoms with Gasteiger partial charge in [0, 0.05) is 25.8 Å². The van der Waals surface area contributed by atoms with Crippen LogP contribution in [0.5, 0.6) is 5.75 Å². The minimum absolute atomic E-state index is 0. The number of benzene rings is 1. The smallest absolute Gasteiger partial charge is 0.416 e. The number of ether oxygens (including phenoxy) is 2. The Labute approximate surface area is 250 Å². The Morgan fingerprint density at radius 2 is 1.75 bits per heavy atom. The molecule has 2 aromatic rings. The summed E-state index contributed by atoms with van der Waals surface area (Å²) in [7, 11) is 1.00. The Morgan fingerprint density at radius 1 is 1.14 bits per heavy atom. The van der Waals surface area contributed by atoms with Crippen LogP contribution in [0.4, 0.5) is 29.6 Å². The number of unbranched alkanes of at least 4 members (excludes halogenated alkanes) is 1. The molecule has 3 rings (SSSR count). The van der Waals surface area contributed by atoms with E-state index in [0.29, 0.717) is 25.2 Å². The van der Waals surface area contributed by atoms with Gasteiger partial charge >= 0.3 is 18.2 Å². The number of esters is 1. The van der Waals surface area contributed by atoms with Gasteiger partial charge in [0.25, 0.3) is 0 Å². The summed E-state index contributed by atoms with van der Waals surface area (Å²) in [6.07, 6.45) is 1.43. The third-order valence-corrected chi connectivity index (χ3v) is 6.03. The van der Waals surface area contributed by atoms with Gasteiger partial charge in [0.2, 0.25) is 5.95 Å². The summed E-state index contributed by atoms with van der Waals surface area (Å²) < 4.78 is 67.4. The first-order valence-corrected chi connectivity index (χ1v) is 15.0. The number of carbonyl (C=O) groups excluding carboxylic acids is 1. The molecule has 0 fully saturated rings. The molecule has 0 bridgehead atoms. The van der Waals surface area contributed by atoms with E-state index in [1.54, 1.807) is 0 Å². The minimum Gasteiger partial charge on any atom is -0.490 e. The van der Waals surface area contributed by atoms with Gasteiger partial charge < -0.3 is 29.6 Å². The van der Waals surface area contributed by atoms with Crippen molar-refractivity contribution in [2.75, 3.05) is 36.8 Å². The van der Waals surface area contributed by atoms with Gasteiger partial charge in [-0.15, -0.1) is 0 Å². The van der Waals surface area contributed by atoms with E-state index in [2.05, 4.69) is 15.3 Å². The van der Waals surface area contributed by atoms with Crippen molar-refractivity contribution in [3.05, 3.63) is 41.7 Å². The number of carboxylic acid groups (broad SMARTS) is 1. The first-order chi connectivity index (χ1) is 20.4. The number of halogens is 3. The van der Waals surface area contributed by atoms with E-state index in [1.807, 2.05) is 13.8 Å². The molecule has 3 unspecified atom stereocenters. The van der Waals surface area contributed by atoms with Crippen LogP contribution in [-0.4, -0.2) is 73.6 Å². The van der Waals surface area contributed by atoms with Gasteiger partial charge in [-0.1, -0.05) is 20.3 Å². The topological polar surface area (TPSA) is 171 Å². The van der Waals surface area contributed by atoms with Crippen molar-refractivity contribution in [3.63, 3.8) is 0 Å². The van der Waals surface area contributed by atoms with Gasteiger partial charge in [-0.2, -0.15) is 13.2 Å². The van der Waals surface area contributed by atoms with Crippen LogP contribution >= 0.6 is 0 Å². The summed E-state index contributed by atoms with van der Waals surface area (Å²) >= 11 is -1.61. The number of anilines is 2. The molecule has 1 radical (unpaired) electrons. The van der Waals surface area contributed by atoms with E-state index in [4.69, 9.17) is 23.3 Å². The zero-order valence-corrected chi connectivity index (χ0v) is 28.1. The largest absolute Gasteiger partial charge is 0.490 e. The minimum atomic E-state index is -4.57. The quantitative estimate of drug-likeness (QED) is 0.132. The number of nitrogens with one attached hydrogen (secondary N) is 1. The standard InChI is InChI=1S/C25H31F3N4O5.CH4O2S.CH4O.Es/c1-3-5-10-37-22(33)7-6-11-36-18-14-29-23(30-15-18)31-20-13-17(4-2)32(24(34)35)21-9-8-16(12-19(20)21)25(26,27)28;1-4(2)3;1-2;/h8-9,12,14-15,17,20H,3-7,10-11,13H2,1-2H3,(H,34,35)(H,29,30,31);1H3,(H,2,3);2H,1H3;. The molecule has 1 aliphatic rings. The average Bonchev–Trinajstić information content (AvgIpc) is 2.96. The fraction of sp³-hybridized carbons (Fsp3) is 0.556. The second-order valence-electron chi connectivity index (χ2n) is 9.11. The number of aliphatic hydroxyl groups is 1. The van der Waals surface area contributed by atoms with Gasteiger partial charge in [-0.3, -0.25) is 9.69 Å². The first kappa shape index (κ1) is 39.5. The Balaban J connectivity index is 0.00000244. The van der Waals surface area contributed by atoms with Crippen LogP contribution in [0.25, 0.3) is 0 Å². The molecule has 12 nitrogen and oxygen atoms in total. The second-order valence-corrected chi connectivity index (χ2v) is 9.96. The maximum absolute atomic E-state index is 13.4. The van der Waals surface area contributed by atoms with Gasteiger partial charge in [0.05, 0.1) is 42.9 Å². The summed E-state index contributed by atoms with van der Waals surface area (Å²) in [4.78, 5) is 33.0. The molecular weight excluding hydrogens is 849 g/mol. The monoisotopic (exact) mass is 888 g/mol. The fourth-order valence-corrected chi connectivity index (χ4v) is 4.11. The number of carbonyl (C=O) groups is 2. The summed E-state index contributed by atoms with van der Waals surface area (Å²) in [6.45, 7) is 4.50. The number of hydrogen-bond donors (Lipinski definition) is 4. The summed E-state index contributed by atoms with van der Waals surface area (Å²) in [5.41, 5.74) is -0.460. The molecule has 17 heteroatoms. The maximum atomic E-state index is 13.4. The number of aliphatic hydroxyl groups excluding tert-OH is 1. The molecule has 0 saturated heterocycles. The number of rotatable bonds is 11. The summed E-state index contributed by atoms with van der Waals surface area (Å²) in [6, 6.07) is 1.98. The van der Waals surface area contributed by atoms with Crippen molar-refractivity contribution in [2.24, 2.45) is 0 Å². The van der Waals surface area contributed by atoms with Crippen LogP contribution < -0.4 is 15.0 Å². The Morgan fingerprint density at radius 3 is 2.27 bits per heavy atom. The number of aromatic nitrogens is 2. The van der Waals surface area contributed by atoms with Crippen LogP contribution in [0.3, 0.4) is 0 Å². The normalized spacial score (nSPS) is 16.0. The van der Waals surface area contributed by atoms with Crippen molar-refractivity contribution in [1.29, 1.82) is 0 Å². The van der Waals surface area contributed by atoms with Crippen molar-refractivity contribution < 1.29 is 51.2 Å². The van der Waals surface area contributed by atoms with Crippen molar-refractivity contribution in [1.82, 2.24) is 9.97 Å². The van der Waals surface area contributed by atoms with E-state index in [9.17, 15) is 27.9 Å². The Bertz CT molecular complexity index is 1170. The van der Waals surface area contributed by atoms with Gasteiger partial charge in [0.1, 0.15) is 11.1 Å². The second kappa shape index (κ2) is 19.6. The molecular formula is C27H39EsF3N4O8S. The van der Waals surface area contributed by atoms with E-state index >= 15 is 0 Å². The molecule has 3 atom stereocenters. The van der Waals surface area contributed by atoms with Crippen LogP contribution in [0.2, 0.25) is 0 Å². The Hall–Kier alpha value is -4.50. The molecule has 0 spiro atoms. The zero-order chi connectivity index (χ0) is 32.6. The molecule has 1 amide bonds. The van der Waals surface area contributed by atoms with Crippen LogP contribution in [-0.2, 0) is 26.8 Å². The van der Waals surface area contributed by atoms with Crippen LogP contribution in [0.1, 0.15) is 69.5 Å². The number of amides is 1. The van der Waals surface area contributed by atoms with E-state index in [-0.39, 0.29) is 42.6 Å². The van der Waals surface area contributed by atoms with E-state index in [1.165, 1.54) is 24.7 Å². The number of nitrogens with zero attached hydrogens (tertiary/aromatic N) is 3. The molecule has 4 N–H and O–H groups in total. The number of alkyl halides is 3. The predicted octanol–water partition coefficient (Wildman–Crippen LogP) is 5.26. The van der Waals surface area contributed by atoms with Gasteiger partial charge in [-0.25, -0.2) is 19.0 Å². The van der Waals surface area contributed by atoms with Crippen molar-refractivity contribution in [2.45, 2.75) is 70.6 Å². The molecule has 0 aliphatic carbocycles. The molecule has 253 valence electrons. The molecule has 44 heavy (non-hydrogen) atoms. The third-order valence-electron chi connectivity index (χ3n) is 6.03. The van der Waals surface area contributed by atoms with E-state index in [0.717, 1.165) is 37.0 Å². The molecule has 0 saturated carbocycles. The maximum Gasteiger partial charge on any atom is 0.416 e. The average molecular weight is 889 g/mol. The van der Waals surface area contributed by atoms with E-state index < -0.39 is 41.0 Å². The summed E-state index contributed by atoms with van der Waals surface area (Å²) in [5, 5.41) is 19.8. The Kier molecular flexibility index (Phi) is 17.6. The first-order valence-electron chi connectivity index (χ1n) is 13.4. The molecule has 1 aliphatic heterocycles. The SMILES string of the molecule is CCCCOC(=O)CCCOc1cnc(NC2CC(CC)N(C(=O)O)c3ccc(C(F)(F)F)cc32)nc1.CO.CS(=O)O.[Es]. The van der Waals surface area contributed by atoms with Crippen LogP contribution in [0, 0.1) is 0 Å².